The summed E-state index contributed by atoms with van der Waals surface area (Å²) in [6.45, 7) is 0. The van der Waals surface area contributed by atoms with Gasteiger partial charge in [0.15, 0.2) is 0 Å². The van der Waals surface area contributed by atoms with E-state index in [2.05, 4.69) is 9.97 Å². The molecule has 7 heteroatoms. The largest absolute Gasteiger partial charge is 0.292 e. The van der Waals surface area contributed by atoms with Crippen LogP contribution in [0.2, 0.25) is 0 Å². The first-order chi connectivity index (χ1) is 12.1. The highest BCUT2D eigenvalue weighted by atomic mass is 16.2. The third-order valence-electron chi connectivity index (χ3n) is 5.02. The predicted molar refractivity (Wildman–Crippen MR) is 91.2 cm³/mol. The van der Waals surface area contributed by atoms with Gasteiger partial charge >= 0.3 is 0 Å². The van der Waals surface area contributed by atoms with Gasteiger partial charge in [-0.2, -0.15) is 0 Å². The quantitative estimate of drug-likeness (QED) is 0.541. The van der Waals surface area contributed by atoms with E-state index in [-0.39, 0.29) is 29.5 Å². The summed E-state index contributed by atoms with van der Waals surface area (Å²) in [5.41, 5.74) is 1.02. The van der Waals surface area contributed by atoms with E-state index in [1.807, 2.05) is 36.4 Å². The zero-order valence-corrected chi connectivity index (χ0v) is 13.2. The Hall–Kier alpha value is -3.22. The number of imidazole rings is 1. The van der Waals surface area contributed by atoms with Crippen molar-refractivity contribution >= 4 is 34.4 Å². The molecule has 0 radical (unpaired) electrons. The van der Waals surface area contributed by atoms with Gasteiger partial charge < -0.3 is 0 Å². The lowest BCUT2D eigenvalue weighted by atomic mass is 9.85. The van der Waals surface area contributed by atoms with E-state index in [4.69, 9.17) is 0 Å². The average Bonchev–Trinajstić information content (AvgIpc) is 3.10. The molecular formula is C18H14N4O3. The number of nitrogens with one attached hydrogen (secondary N) is 1. The summed E-state index contributed by atoms with van der Waals surface area (Å²) in [4.78, 5) is 46.1. The number of aromatic nitrogens is 3. The lowest BCUT2D eigenvalue weighted by molar-refractivity contribution is -0.122. The molecule has 1 aliphatic carbocycles. The summed E-state index contributed by atoms with van der Waals surface area (Å²) in [5.74, 6) is -0.606. The van der Waals surface area contributed by atoms with Crippen molar-refractivity contribution in [2.75, 3.05) is 4.90 Å². The Bertz CT molecular complexity index is 1110. The van der Waals surface area contributed by atoms with Crippen LogP contribution in [-0.2, 0) is 9.59 Å². The van der Waals surface area contributed by atoms with Gasteiger partial charge in [0.1, 0.15) is 5.82 Å². The van der Waals surface area contributed by atoms with E-state index in [1.165, 1.54) is 11.0 Å². The minimum atomic E-state index is -0.397. The van der Waals surface area contributed by atoms with Crippen LogP contribution < -0.4 is 10.5 Å². The first-order valence-corrected chi connectivity index (χ1v) is 8.18. The molecule has 7 nitrogen and oxygen atoms in total. The second-order valence-corrected chi connectivity index (χ2v) is 6.42. The number of carbonyl (C=O) groups excluding carboxylic acids is 2. The highest BCUT2D eigenvalue weighted by Gasteiger charge is 2.48. The Balaban J connectivity index is 1.79. The Labute approximate surface area is 141 Å². The van der Waals surface area contributed by atoms with Crippen molar-refractivity contribution in [1.29, 1.82) is 0 Å². The molecule has 1 N–H and O–H groups in total. The normalized spacial score (nSPS) is 23.0. The number of imide groups is 1. The van der Waals surface area contributed by atoms with Crippen LogP contribution >= 0.6 is 0 Å². The molecule has 0 bridgehead atoms. The number of allylic oxidation sites excluding steroid dienone is 2. The van der Waals surface area contributed by atoms with Crippen molar-refractivity contribution in [3.63, 3.8) is 0 Å². The highest BCUT2D eigenvalue weighted by molar-refractivity contribution is 6.22. The van der Waals surface area contributed by atoms with Gasteiger partial charge in [-0.25, -0.2) is 9.88 Å². The molecule has 2 unspecified atom stereocenters. The number of rotatable bonds is 1. The number of fused-ring (bicyclic) bond motifs is 4. The minimum absolute atomic E-state index is 0.246. The standard InChI is InChI=1S/C18H14N4O3/c23-14-9-15(21-13-8-4-3-7-12(13)19-18(21)20-14)22-16(24)10-5-1-2-6-11(10)17(22)25/h1-4,7-11H,5-6H2,(H,19,20,23). The molecule has 2 aliphatic rings. The van der Waals surface area contributed by atoms with E-state index >= 15 is 0 Å². The van der Waals surface area contributed by atoms with Gasteiger partial charge in [-0.1, -0.05) is 24.3 Å². The lowest BCUT2D eigenvalue weighted by Gasteiger charge is -2.16. The number of nitrogens with zero attached hydrogens (tertiary/aromatic N) is 3. The number of para-hydroxylation sites is 2. The molecule has 1 aliphatic heterocycles. The molecular weight excluding hydrogens is 320 g/mol. The topological polar surface area (TPSA) is 87.5 Å². The fourth-order valence-electron chi connectivity index (χ4n) is 3.86. The molecule has 1 saturated heterocycles. The minimum Gasteiger partial charge on any atom is -0.292 e. The molecule has 1 fully saturated rings. The van der Waals surface area contributed by atoms with E-state index in [0.717, 1.165) is 5.52 Å². The second kappa shape index (κ2) is 4.89. The zero-order valence-electron chi connectivity index (χ0n) is 13.2. The Morgan fingerprint density at radius 3 is 2.40 bits per heavy atom. The van der Waals surface area contributed by atoms with E-state index in [1.54, 1.807) is 4.40 Å². The molecule has 25 heavy (non-hydrogen) atoms. The van der Waals surface area contributed by atoms with Gasteiger partial charge in [0.05, 0.1) is 22.9 Å². The maximum atomic E-state index is 12.9. The highest BCUT2D eigenvalue weighted by Crippen LogP contribution is 2.37. The summed E-state index contributed by atoms with van der Waals surface area (Å²) in [6.07, 6.45) is 5.00. The fourth-order valence-corrected chi connectivity index (χ4v) is 3.86. The van der Waals surface area contributed by atoms with Crippen LogP contribution in [0.1, 0.15) is 12.8 Å². The van der Waals surface area contributed by atoms with Crippen LogP contribution in [0.3, 0.4) is 0 Å². The Kier molecular flexibility index (Phi) is 2.77. The van der Waals surface area contributed by atoms with Crippen LogP contribution in [-0.4, -0.2) is 26.2 Å². The Morgan fingerprint density at radius 1 is 1.00 bits per heavy atom. The van der Waals surface area contributed by atoms with Crippen LogP contribution in [0.25, 0.3) is 16.8 Å². The SMILES string of the molecule is O=C1C2CC=CCC2C(=O)N1c1cc(=O)[nH]c2nc3ccccc3n12. The van der Waals surface area contributed by atoms with Gasteiger partial charge in [0.25, 0.3) is 5.56 Å². The first-order valence-electron chi connectivity index (χ1n) is 8.18. The summed E-state index contributed by atoms with van der Waals surface area (Å²) >= 11 is 0. The molecule has 124 valence electrons. The molecule has 3 heterocycles. The molecule has 2 atom stereocenters. The third-order valence-corrected chi connectivity index (χ3v) is 5.02. The fraction of sp³-hybridized carbons (Fsp3) is 0.222. The molecule has 0 spiro atoms. The van der Waals surface area contributed by atoms with Crippen LogP contribution in [0.15, 0.2) is 47.3 Å². The second-order valence-electron chi connectivity index (χ2n) is 6.42. The van der Waals surface area contributed by atoms with Gasteiger partial charge in [-0.3, -0.25) is 23.8 Å². The van der Waals surface area contributed by atoms with E-state index < -0.39 is 5.56 Å². The molecule has 3 aromatic rings. The van der Waals surface area contributed by atoms with Gasteiger partial charge in [0, 0.05) is 6.07 Å². The smallest absolute Gasteiger partial charge is 0.254 e. The number of carbonyl (C=O) groups is 2. The first kappa shape index (κ1) is 14.2. The third kappa shape index (κ3) is 1.86. The summed E-state index contributed by atoms with van der Waals surface area (Å²) in [7, 11) is 0. The molecule has 2 amide bonds. The summed E-state index contributed by atoms with van der Waals surface area (Å²) < 4.78 is 1.66. The van der Waals surface area contributed by atoms with Crippen LogP contribution in [0, 0.1) is 11.8 Å². The zero-order chi connectivity index (χ0) is 17.1. The van der Waals surface area contributed by atoms with Gasteiger partial charge in [-0.15, -0.1) is 0 Å². The molecule has 5 rings (SSSR count). The number of hydrogen-bond acceptors (Lipinski definition) is 4. The van der Waals surface area contributed by atoms with Crippen molar-refractivity contribution in [2.45, 2.75) is 12.8 Å². The van der Waals surface area contributed by atoms with Crippen molar-refractivity contribution in [3.8, 4) is 0 Å². The van der Waals surface area contributed by atoms with Crippen molar-refractivity contribution in [3.05, 3.63) is 52.8 Å². The van der Waals surface area contributed by atoms with Gasteiger partial charge in [0.2, 0.25) is 17.6 Å². The number of amides is 2. The van der Waals surface area contributed by atoms with E-state index in [9.17, 15) is 14.4 Å². The van der Waals surface area contributed by atoms with Gasteiger partial charge in [-0.05, 0) is 25.0 Å². The number of aromatic amines is 1. The number of anilines is 1. The molecule has 1 aromatic carbocycles. The number of benzene rings is 1. The van der Waals surface area contributed by atoms with Crippen molar-refractivity contribution < 1.29 is 9.59 Å². The molecule has 2 aromatic heterocycles. The monoisotopic (exact) mass is 334 g/mol. The van der Waals surface area contributed by atoms with Crippen LogP contribution in [0.5, 0.6) is 0 Å². The lowest BCUT2D eigenvalue weighted by Crippen LogP contribution is -2.33. The van der Waals surface area contributed by atoms with Crippen molar-refractivity contribution in [1.82, 2.24) is 14.4 Å². The predicted octanol–water partition coefficient (Wildman–Crippen LogP) is 1.63. The van der Waals surface area contributed by atoms with E-state index in [0.29, 0.717) is 24.1 Å². The number of hydrogen-bond donors (Lipinski definition) is 1. The maximum Gasteiger partial charge on any atom is 0.254 e. The summed E-state index contributed by atoms with van der Waals surface area (Å²) in [6, 6.07) is 8.65. The summed E-state index contributed by atoms with van der Waals surface area (Å²) in [5, 5.41) is 0. The molecule has 0 saturated carbocycles. The Morgan fingerprint density at radius 2 is 1.68 bits per heavy atom. The average molecular weight is 334 g/mol. The van der Waals surface area contributed by atoms with Crippen LogP contribution in [0.4, 0.5) is 5.82 Å². The maximum absolute atomic E-state index is 12.9. The van der Waals surface area contributed by atoms with Crippen molar-refractivity contribution in [2.24, 2.45) is 11.8 Å². The number of H-pyrrole nitrogens is 1.